The van der Waals surface area contributed by atoms with Crippen molar-refractivity contribution in [1.82, 2.24) is 14.9 Å². The van der Waals surface area contributed by atoms with Crippen molar-refractivity contribution in [1.29, 1.82) is 0 Å². The van der Waals surface area contributed by atoms with Gasteiger partial charge in [-0.05, 0) is 40.5 Å². The molecule has 0 radical (unpaired) electrons. The minimum atomic E-state index is -0.138. The van der Waals surface area contributed by atoms with Gasteiger partial charge in [0.1, 0.15) is 0 Å². The van der Waals surface area contributed by atoms with Gasteiger partial charge in [0.25, 0.3) is 0 Å². The summed E-state index contributed by atoms with van der Waals surface area (Å²) in [6.45, 7) is 13.5. The lowest BCUT2D eigenvalue weighted by molar-refractivity contribution is -0.120. The monoisotopic (exact) mass is 311 g/mol. The van der Waals surface area contributed by atoms with E-state index in [0.29, 0.717) is 5.75 Å². The van der Waals surface area contributed by atoms with Gasteiger partial charge in [0.15, 0.2) is 5.16 Å². The van der Waals surface area contributed by atoms with Gasteiger partial charge in [0.2, 0.25) is 5.91 Å². The predicted octanol–water partition coefficient (Wildman–Crippen LogP) is 3.70. The third-order valence-electron chi connectivity index (χ3n) is 3.85. The molecule has 0 aromatic carbocycles. The maximum Gasteiger partial charge on any atom is 0.230 e. The number of aromatic nitrogens is 2. The number of carbonyl (C=O) groups excluding carboxylic acids is 1. The third-order valence-corrected chi connectivity index (χ3v) is 4.83. The molecule has 0 aliphatic rings. The Morgan fingerprint density at radius 2 is 2.00 bits per heavy atom. The van der Waals surface area contributed by atoms with E-state index in [-0.39, 0.29) is 11.4 Å². The molecule has 1 amide bonds. The molecule has 1 N–H and O–H groups in total. The summed E-state index contributed by atoms with van der Waals surface area (Å²) >= 11 is 1.53. The van der Waals surface area contributed by atoms with E-state index in [2.05, 4.69) is 35.6 Å². The van der Waals surface area contributed by atoms with Gasteiger partial charge in [-0.25, -0.2) is 4.98 Å². The lowest BCUT2D eigenvalue weighted by Gasteiger charge is -2.24. The second-order valence-corrected chi connectivity index (χ2v) is 7.09. The molecule has 4 nitrogen and oxygen atoms in total. The number of hydrogen-bond donors (Lipinski definition) is 1. The van der Waals surface area contributed by atoms with Crippen molar-refractivity contribution in [3.8, 4) is 0 Å². The quantitative estimate of drug-likeness (QED) is 0.745. The molecule has 1 aromatic rings. The second kappa shape index (κ2) is 7.87. The Morgan fingerprint density at radius 1 is 1.33 bits per heavy atom. The normalized spacial score (nSPS) is 11.7. The number of thioether (sulfide) groups is 1. The molecule has 1 heterocycles. The van der Waals surface area contributed by atoms with Crippen molar-refractivity contribution in [3.63, 3.8) is 0 Å². The summed E-state index contributed by atoms with van der Waals surface area (Å²) in [6.07, 6.45) is 3.22. The number of nitrogens with zero attached hydrogens (tertiary/aromatic N) is 2. The fourth-order valence-corrected chi connectivity index (χ4v) is 2.86. The standard InChI is InChI=1S/C16H29N3OS/c1-7-9-10-19-13(4)12(3)17-15(19)21-11-14(20)18-16(5,6)8-2/h7-11H2,1-6H3,(H,18,20). The Morgan fingerprint density at radius 3 is 2.57 bits per heavy atom. The molecule has 1 rings (SSSR count). The first-order chi connectivity index (χ1) is 9.80. The molecule has 0 fully saturated rings. The molecule has 120 valence electrons. The highest BCUT2D eigenvalue weighted by molar-refractivity contribution is 7.99. The molecule has 0 aliphatic carbocycles. The van der Waals surface area contributed by atoms with E-state index in [4.69, 9.17) is 0 Å². The van der Waals surface area contributed by atoms with Crippen LogP contribution in [0, 0.1) is 13.8 Å². The summed E-state index contributed by atoms with van der Waals surface area (Å²) in [6, 6.07) is 0. The lowest BCUT2D eigenvalue weighted by atomic mass is 10.0. The van der Waals surface area contributed by atoms with Crippen molar-refractivity contribution in [2.24, 2.45) is 0 Å². The molecule has 0 bridgehead atoms. The van der Waals surface area contributed by atoms with Crippen molar-refractivity contribution in [2.75, 3.05) is 5.75 Å². The van der Waals surface area contributed by atoms with Crippen molar-refractivity contribution in [3.05, 3.63) is 11.4 Å². The van der Waals surface area contributed by atoms with E-state index in [0.717, 1.165) is 36.7 Å². The Kier molecular flexibility index (Phi) is 6.78. The van der Waals surface area contributed by atoms with Gasteiger partial charge in [0.05, 0.1) is 11.4 Å². The van der Waals surface area contributed by atoms with Gasteiger partial charge in [-0.2, -0.15) is 0 Å². The Balaban J connectivity index is 2.66. The molecule has 0 spiro atoms. The average Bonchev–Trinajstić information content (AvgIpc) is 2.69. The van der Waals surface area contributed by atoms with E-state index in [9.17, 15) is 4.79 Å². The van der Waals surface area contributed by atoms with Gasteiger partial charge in [-0.1, -0.05) is 32.0 Å². The van der Waals surface area contributed by atoms with Gasteiger partial charge in [-0.3, -0.25) is 4.79 Å². The number of hydrogen-bond acceptors (Lipinski definition) is 3. The Labute approximate surface area is 133 Å². The first-order valence-electron chi connectivity index (χ1n) is 7.78. The molecule has 0 aliphatic heterocycles. The predicted molar refractivity (Wildman–Crippen MR) is 89.8 cm³/mol. The van der Waals surface area contributed by atoms with E-state index in [1.54, 1.807) is 0 Å². The number of unbranched alkanes of at least 4 members (excludes halogenated alkanes) is 1. The smallest absolute Gasteiger partial charge is 0.230 e. The zero-order valence-electron chi connectivity index (χ0n) is 14.2. The maximum absolute atomic E-state index is 12.0. The number of carbonyl (C=O) groups is 1. The fraction of sp³-hybridized carbons (Fsp3) is 0.750. The number of nitrogens with one attached hydrogen (secondary N) is 1. The zero-order valence-corrected chi connectivity index (χ0v) is 15.1. The Hall–Kier alpha value is -0.970. The van der Waals surface area contributed by atoms with Crippen LogP contribution >= 0.6 is 11.8 Å². The summed E-state index contributed by atoms with van der Waals surface area (Å²) in [5.74, 6) is 0.498. The number of rotatable bonds is 8. The van der Waals surface area contributed by atoms with E-state index < -0.39 is 0 Å². The first kappa shape index (κ1) is 18.1. The van der Waals surface area contributed by atoms with E-state index in [1.807, 2.05) is 20.8 Å². The van der Waals surface area contributed by atoms with Crippen molar-refractivity contribution < 1.29 is 4.79 Å². The molecule has 0 saturated heterocycles. The molecule has 0 unspecified atom stereocenters. The molecule has 21 heavy (non-hydrogen) atoms. The summed E-state index contributed by atoms with van der Waals surface area (Å²) in [4.78, 5) is 16.6. The van der Waals surface area contributed by atoms with Gasteiger partial charge >= 0.3 is 0 Å². The van der Waals surface area contributed by atoms with Crippen LogP contribution in [-0.2, 0) is 11.3 Å². The molecular formula is C16H29N3OS. The molecule has 1 aromatic heterocycles. The van der Waals surface area contributed by atoms with E-state index >= 15 is 0 Å². The topological polar surface area (TPSA) is 46.9 Å². The minimum Gasteiger partial charge on any atom is -0.351 e. The van der Waals surface area contributed by atoms with Crippen LogP contribution in [0.5, 0.6) is 0 Å². The van der Waals surface area contributed by atoms with Crippen LogP contribution < -0.4 is 5.32 Å². The zero-order chi connectivity index (χ0) is 16.0. The highest BCUT2D eigenvalue weighted by Crippen LogP contribution is 2.22. The summed E-state index contributed by atoms with van der Waals surface area (Å²) in [5.41, 5.74) is 2.13. The molecule has 5 heteroatoms. The van der Waals surface area contributed by atoms with E-state index in [1.165, 1.54) is 17.5 Å². The lowest BCUT2D eigenvalue weighted by Crippen LogP contribution is -2.43. The second-order valence-electron chi connectivity index (χ2n) is 6.14. The van der Waals surface area contributed by atoms with Crippen molar-refractivity contribution in [2.45, 2.75) is 78.0 Å². The number of aryl methyl sites for hydroxylation is 1. The third kappa shape index (κ3) is 5.38. The summed E-state index contributed by atoms with van der Waals surface area (Å²) < 4.78 is 2.24. The largest absolute Gasteiger partial charge is 0.351 e. The average molecular weight is 311 g/mol. The van der Waals surface area contributed by atoms with Gasteiger partial charge < -0.3 is 9.88 Å². The van der Waals surface area contributed by atoms with Crippen LogP contribution in [-0.4, -0.2) is 26.8 Å². The van der Waals surface area contributed by atoms with Crippen molar-refractivity contribution >= 4 is 17.7 Å². The van der Waals surface area contributed by atoms with Crippen LogP contribution in [0.25, 0.3) is 0 Å². The number of amides is 1. The SMILES string of the molecule is CCCCn1c(SCC(=O)NC(C)(C)CC)nc(C)c1C. The molecular weight excluding hydrogens is 282 g/mol. The highest BCUT2D eigenvalue weighted by atomic mass is 32.2. The highest BCUT2D eigenvalue weighted by Gasteiger charge is 2.19. The Bertz CT molecular complexity index is 480. The molecule has 0 atom stereocenters. The van der Waals surface area contributed by atoms with Crippen LogP contribution in [0.3, 0.4) is 0 Å². The number of imidazole rings is 1. The first-order valence-corrected chi connectivity index (χ1v) is 8.76. The van der Waals surface area contributed by atoms with Gasteiger partial charge in [0, 0.05) is 17.8 Å². The van der Waals surface area contributed by atoms with Crippen LogP contribution in [0.1, 0.15) is 58.3 Å². The van der Waals surface area contributed by atoms with Gasteiger partial charge in [-0.15, -0.1) is 0 Å². The molecule has 0 saturated carbocycles. The van der Waals surface area contributed by atoms with Crippen LogP contribution in [0.4, 0.5) is 0 Å². The minimum absolute atomic E-state index is 0.0761. The summed E-state index contributed by atoms with van der Waals surface area (Å²) in [5, 5.41) is 4.02. The van der Waals surface area contributed by atoms with Crippen LogP contribution in [0.15, 0.2) is 5.16 Å². The fourth-order valence-electron chi connectivity index (χ4n) is 1.95. The maximum atomic E-state index is 12.0. The summed E-state index contributed by atoms with van der Waals surface area (Å²) in [7, 11) is 0. The van der Waals surface area contributed by atoms with Crippen LogP contribution in [0.2, 0.25) is 0 Å².